The second-order valence-corrected chi connectivity index (χ2v) is 6.00. The van der Waals surface area contributed by atoms with Gasteiger partial charge in [-0.05, 0) is 24.0 Å². The molecular formula is C15H15BrO3. The van der Waals surface area contributed by atoms with Crippen molar-refractivity contribution in [2.24, 2.45) is 11.8 Å². The molecule has 0 aromatic heterocycles. The first-order valence-electron chi connectivity index (χ1n) is 6.45. The number of fused-ring (bicyclic) bond motifs is 1. The van der Waals surface area contributed by atoms with Crippen molar-refractivity contribution in [2.45, 2.75) is 12.3 Å². The van der Waals surface area contributed by atoms with Gasteiger partial charge in [-0.2, -0.15) is 0 Å². The predicted molar refractivity (Wildman–Crippen MR) is 74.6 cm³/mol. The molecule has 1 aliphatic carbocycles. The molecule has 3 rings (SSSR count). The topological polar surface area (TPSA) is 46.5 Å². The van der Waals surface area contributed by atoms with Gasteiger partial charge in [0.05, 0.1) is 6.61 Å². The maximum Gasteiger partial charge on any atom is 0.334 e. The summed E-state index contributed by atoms with van der Waals surface area (Å²) in [7, 11) is 0. The van der Waals surface area contributed by atoms with Crippen molar-refractivity contribution in [3.63, 3.8) is 0 Å². The Morgan fingerprint density at radius 2 is 2.16 bits per heavy atom. The Bertz CT molecular complexity index is 538. The molecule has 1 N–H and O–H groups in total. The highest BCUT2D eigenvalue weighted by atomic mass is 79.9. The number of cyclic esters (lactones) is 1. The molecule has 1 aromatic rings. The minimum Gasteiger partial charge on any atom is -0.462 e. The summed E-state index contributed by atoms with van der Waals surface area (Å²) in [5, 5.41) is 9.63. The van der Waals surface area contributed by atoms with E-state index in [4.69, 9.17) is 4.74 Å². The van der Waals surface area contributed by atoms with Crippen molar-refractivity contribution in [1.82, 2.24) is 0 Å². The fourth-order valence-corrected chi connectivity index (χ4v) is 3.58. The third-order valence-electron chi connectivity index (χ3n) is 4.04. The summed E-state index contributed by atoms with van der Waals surface area (Å²) in [6.07, 6.45) is 2.80. The number of benzene rings is 1. The molecule has 19 heavy (non-hydrogen) atoms. The number of rotatable bonds is 2. The van der Waals surface area contributed by atoms with Crippen molar-refractivity contribution < 1.29 is 14.6 Å². The lowest BCUT2D eigenvalue weighted by Crippen LogP contribution is -2.25. The fraction of sp³-hybridized carbons (Fsp3) is 0.400. The lowest BCUT2D eigenvalue weighted by Gasteiger charge is -2.30. The Kier molecular flexibility index (Phi) is 3.46. The van der Waals surface area contributed by atoms with Crippen LogP contribution in [-0.2, 0) is 9.53 Å². The Hall–Kier alpha value is -1.13. The van der Waals surface area contributed by atoms with E-state index in [1.54, 1.807) is 0 Å². The number of esters is 1. The fourth-order valence-electron chi connectivity index (χ4n) is 3.03. The first-order valence-corrected chi connectivity index (χ1v) is 7.24. The summed E-state index contributed by atoms with van der Waals surface area (Å²) in [6.45, 7) is 0.588. The summed E-state index contributed by atoms with van der Waals surface area (Å²) >= 11 is 3.55. The van der Waals surface area contributed by atoms with Crippen LogP contribution in [0.5, 0.6) is 0 Å². The van der Waals surface area contributed by atoms with E-state index in [1.807, 2.05) is 30.3 Å². The van der Waals surface area contributed by atoms with Crippen LogP contribution in [0.1, 0.15) is 17.9 Å². The third-order valence-corrected chi connectivity index (χ3v) is 4.77. The van der Waals surface area contributed by atoms with E-state index in [0.717, 1.165) is 22.0 Å². The van der Waals surface area contributed by atoms with Crippen LogP contribution < -0.4 is 0 Å². The van der Waals surface area contributed by atoms with E-state index in [2.05, 4.69) is 15.9 Å². The van der Waals surface area contributed by atoms with Gasteiger partial charge >= 0.3 is 5.97 Å². The van der Waals surface area contributed by atoms with Gasteiger partial charge in [0.2, 0.25) is 0 Å². The SMILES string of the molecule is O=C1OC[C@@H]2C[C@H](CO)[C@H](c3ccccc3Br)C=C12. The number of hydrogen-bond acceptors (Lipinski definition) is 3. The van der Waals surface area contributed by atoms with Crippen molar-refractivity contribution in [1.29, 1.82) is 0 Å². The van der Waals surface area contributed by atoms with Crippen LogP contribution in [0.3, 0.4) is 0 Å². The molecule has 3 atom stereocenters. The number of carbonyl (C=O) groups is 1. The molecular weight excluding hydrogens is 308 g/mol. The average molecular weight is 323 g/mol. The smallest absolute Gasteiger partial charge is 0.334 e. The minimum absolute atomic E-state index is 0.0671. The molecule has 1 saturated heterocycles. The van der Waals surface area contributed by atoms with Crippen molar-refractivity contribution in [3.05, 3.63) is 46.0 Å². The second-order valence-electron chi connectivity index (χ2n) is 5.14. The summed E-state index contributed by atoms with van der Waals surface area (Å²) < 4.78 is 6.12. The molecule has 0 bridgehead atoms. The van der Waals surface area contributed by atoms with E-state index in [9.17, 15) is 9.90 Å². The van der Waals surface area contributed by atoms with Gasteiger partial charge in [-0.3, -0.25) is 0 Å². The molecule has 100 valence electrons. The van der Waals surface area contributed by atoms with Gasteiger partial charge in [-0.1, -0.05) is 40.2 Å². The molecule has 1 aliphatic heterocycles. The number of aliphatic hydroxyl groups excluding tert-OH is 1. The first kappa shape index (κ1) is 12.9. The predicted octanol–water partition coefficient (Wildman–Crippen LogP) is 2.64. The van der Waals surface area contributed by atoms with E-state index in [-0.39, 0.29) is 30.3 Å². The monoisotopic (exact) mass is 322 g/mol. The van der Waals surface area contributed by atoms with Crippen LogP contribution in [0.4, 0.5) is 0 Å². The van der Waals surface area contributed by atoms with Crippen LogP contribution in [0.15, 0.2) is 40.4 Å². The van der Waals surface area contributed by atoms with E-state index in [1.165, 1.54) is 0 Å². The zero-order valence-corrected chi connectivity index (χ0v) is 12.0. The van der Waals surface area contributed by atoms with Gasteiger partial charge in [0, 0.05) is 28.5 Å². The van der Waals surface area contributed by atoms with Crippen molar-refractivity contribution in [3.8, 4) is 0 Å². The Morgan fingerprint density at radius 3 is 2.89 bits per heavy atom. The highest BCUT2D eigenvalue weighted by Crippen LogP contribution is 2.43. The standard InChI is InChI=1S/C15H15BrO3/c16-14-4-2-1-3-11(14)12-6-13-10(5-9(12)7-17)8-19-15(13)18/h1-4,6,9-10,12,17H,5,7-8H2/t9-,10+,12-/m1/s1. The third kappa shape index (κ3) is 2.23. The number of hydrogen-bond donors (Lipinski definition) is 1. The lowest BCUT2D eigenvalue weighted by molar-refractivity contribution is -0.135. The molecule has 4 heteroatoms. The van der Waals surface area contributed by atoms with Gasteiger partial charge in [0.1, 0.15) is 0 Å². The first-order chi connectivity index (χ1) is 9.20. The molecule has 3 nitrogen and oxygen atoms in total. The lowest BCUT2D eigenvalue weighted by atomic mass is 9.73. The Balaban J connectivity index is 2.03. The molecule has 0 saturated carbocycles. The summed E-state index contributed by atoms with van der Waals surface area (Å²) in [6, 6.07) is 7.96. The van der Waals surface area contributed by atoms with Crippen LogP contribution in [0.2, 0.25) is 0 Å². The largest absolute Gasteiger partial charge is 0.462 e. The quantitative estimate of drug-likeness (QED) is 0.851. The van der Waals surface area contributed by atoms with Crippen LogP contribution in [0, 0.1) is 11.8 Å². The summed E-state index contributed by atoms with van der Waals surface area (Å²) in [4.78, 5) is 11.7. The molecule has 1 heterocycles. The molecule has 0 radical (unpaired) electrons. The van der Waals surface area contributed by atoms with Crippen LogP contribution in [-0.4, -0.2) is 24.3 Å². The number of halogens is 1. The van der Waals surface area contributed by atoms with Crippen molar-refractivity contribution >= 4 is 21.9 Å². The molecule has 1 aromatic carbocycles. The number of aliphatic hydroxyl groups is 1. The molecule has 2 aliphatic rings. The van der Waals surface area contributed by atoms with E-state index >= 15 is 0 Å². The molecule has 0 spiro atoms. The molecule has 0 unspecified atom stereocenters. The Labute approximate surface area is 120 Å². The zero-order valence-electron chi connectivity index (χ0n) is 10.4. The van der Waals surface area contributed by atoms with Gasteiger partial charge in [-0.15, -0.1) is 0 Å². The Morgan fingerprint density at radius 1 is 1.37 bits per heavy atom. The van der Waals surface area contributed by atoms with Crippen LogP contribution >= 0.6 is 15.9 Å². The maximum atomic E-state index is 11.7. The zero-order chi connectivity index (χ0) is 13.4. The molecule has 1 fully saturated rings. The number of carbonyl (C=O) groups excluding carboxylic acids is 1. The van der Waals surface area contributed by atoms with Gasteiger partial charge in [0.25, 0.3) is 0 Å². The average Bonchev–Trinajstić information content (AvgIpc) is 2.79. The normalized spacial score (nSPS) is 29.7. The summed E-state index contributed by atoms with van der Waals surface area (Å²) in [5.41, 5.74) is 1.90. The van der Waals surface area contributed by atoms with Gasteiger partial charge in [-0.25, -0.2) is 4.79 Å². The highest BCUT2D eigenvalue weighted by molar-refractivity contribution is 9.10. The minimum atomic E-state index is -0.196. The molecule has 0 amide bonds. The van der Waals surface area contributed by atoms with E-state index < -0.39 is 0 Å². The van der Waals surface area contributed by atoms with Gasteiger partial charge < -0.3 is 9.84 Å². The van der Waals surface area contributed by atoms with Gasteiger partial charge in [0.15, 0.2) is 0 Å². The number of ether oxygens (including phenoxy) is 1. The summed E-state index contributed by atoms with van der Waals surface area (Å²) in [5.74, 6) is 0.168. The highest BCUT2D eigenvalue weighted by Gasteiger charge is 2.39. The maximum absolute atomic E-state index is 11.7. The van der Waals surface area contributed by atoms with Crippen molar-refractivity contribution in [2.75, 3.05) is 13.2 Å². The van der Waals surface area contributed by atoms with Crippen LogP contribution in [0.25, 0.3) is 0 Å². The second kappa shape index (κ2) is 5.10. The van der Waals surface area contributed by atoms with E-state index in [0.29, 0.717) is 6.61 Å². The number of allylic oxidation sites excluding steroid dienone is 1.